The van der Waals surface area contributed by atoms with Gasteiger partial charge in [-0.1, -0.05) is 61.5 Å². The summed E-state index contributed by atoms with van der Waals surface area (Å²) in [7, 11) is 0. The van der Waals surface area contributed by atoms with Crippen LogP contribution in [0.15, 0.2) is 54.6 Å². The van der Waals surface area contributed by atoms with Gasteiger partial charge >= 0.3 is 0 Å². The molecule has 1 saturated heterocycles. The topological polar surface area (TPSA) is 20.2 Å². The molecule has 1 N–H and O–H groups in total. The van der Waals surface area contributed by atoms with Gasteiger partial charge in [-0.05, 0) is 35.3 Å². The van der Waals surface area contributed by atoms with Crippen LogP contribution in [0, 0.1) is 0 Å². The summed E-state index contributed by atoms with van der Waals surface area (Å²) in [5, 5.41) is 11.2. The monoisotopic (exact) mass is 284 g/mol. The van der Waals surface area contributed by atoms with Gasteiger partial charge in [0.1, 0.15) is 5.60 Å². The lowest BCUT2D eigenvalue weighted by molar-refractivity contribution is 0.0254. The average Bonchev–Trinajstić information content (AvgIpc) is 2.51. The lowest BCUT2D eigenvalue weighted by Crippen LogP contribution is -2.38. The van der Waals surface area contributed by atoms with Crippen LogP contribution >= 0.6 is 11.8 Å². The largest absolute Gasteiger partial charge is 0.384 e. The number of rotatable bonds is 2. The highest BCUT2D eigenvalue weighted by molar-refractivity contribution is 8.00. The highest BCUT2D eigenvalue weighted by atomic mass is 32.2. The van der Waals surface area contributed by atoms with Crippen LogP contribution in [0.25, 0.3) is 11.1 Å². The van der Waals surface area contributed by atoms with Crippen molar-refractivity contribution in [3.05, 3.63) is 60.2 Å². The minimum absolute atomic E-state index is 0.263. The van der Waals surface area contributed by atoms with Crippen molar-refractivity contribution in [2.24, 2.45) is 0 Å². The van der Waals surface area contributed by atoms with E-state index in [4.69, 9.17) is 0 Å². The molecule has 0 radical (unpaired) electrons. The first-order chi connectivity index (χ1) is 9.70. The van der Waals surface area contributed by atoms with Crippen LogP contribution in [-0.4, -0.2) is 16.1 Å². The second kappa shape index (κ2) is 5.63. The van der Waals surface area contributed by atoms with Gasteiger partial charge in [-0.3, -0.25) is 0 Å². The predicted molar refractivity (Wildman–Crippen MR) is 86.9 cm³/mol. The van der Waals surface area contributed by atoms with Crippen LogP contribution in [0.1, 0.15) is 25.3 Å². The molecule has 2 aromatic rings. The maximum absolute atomic E-state index is 11.0. The van der Waals surface area contributed by atoms with E-state index in [1.165, 1.54) is 11.1 Å². The van der Waals surface area contributed by atoms with Crippen molar-refractivity contribution in [2.75, 3.05) is 5.75 Å². The lowest BCUT2D eigenvalue weighted by atomic mass is 9.85. The molecule has 2 heteroatoms. The molecule has 1 nitrogen and oxygen atoms in total. The lowest BCUT2D eigenvalue weighted by Gasteiger charge is -2.38. The molecule has 3 rings (SSSR count). The molecule has 0 aromatic heterocycles. The Kier molecular flexibility index (Phi) is 3.86. The summed E-state index contributed by atoms with van der Waals surface area (Å²) in [5.74, 6) is 1.16. The minimum Gasteiger partial charge on any atom is -0.384 e. The van der Waals surface area contributed by atoms with Gasteiger partial charge in [-0.2, -0.15) is 11.8 Å². The molecule has 1 fully saturated rings. The SMILES string of the molecule is CC1SCCCC1(O)c1ccc(-c2ccccc2)cc1. The molecule has 104 valence electrons. The number of aliphatic hydroxyl groups is 1. The van der Waals surface area contributed by atoms with Crippen LogP contribution in [0.2, 0.25) is 0 Å². The summed E-state index contributed by atoms with van der Waals surface area (Å²) in [6.45, 7) is 2.13. The molecule has 2 atom stereocenters. The predicted octanol–water partition coefficient (Wildman–Crippen LogP) is 4.46. The molecule has 0 bridgehead atoms. The molecule has 1 heterocycles. The maximum Gasteiger partial charge on any atom is 0.101 e. The van der Waals surface area contributed by atoms with E-state index in [2.05, 4.69) is 55.5 Å². The van der Waals surface area contributed by atoms with Gasteiger partial charge in [-0.25, -0.2) is 0 Å². The second-order valence-electron chi connectivity index (χ2n) is 5.48. The summed E-state index contributed by atoms with van der Waals surface area (Å²) in [4.78, 5) is 0. The zero-order valence-corrected chi connectivity index (χ0v) is 12.6. The molecule has 1 aliphatic heterocycles. The third kappa shape index (κ3) is 2.50. The molecular weight excluding hydrogens is 264 g/mol. The highest BCUT2D eigenvalue weighted by Crippen LogP contribution is 2.41. The van der Waals surface area contributed by atoms with Gasteiger partial charge in [0.25, 0.3) is 0 Å². The Morgan fingerprint density at radius 3 is 2.30 bits per heavy atom. The average molecular weight is 284 g/mol. The van der Waals surface area contributed by atoms with Gasteiger partial charge in [0.05, 0.1) is 0 Å². The fourth-order valence-electron chi connectivity index (χ4n) is 2.90. The zero-order chi connectivity index (χ0) is 14.0. The van der Waals surface area contributed by atoms with E-state index in [-0.39, 0.29) is 5.25 Å². The Morgan fingerprint density at radius 2 is 1.65 bits per heavy atom. The highest BCUT2D eigenvalue weighted by Gasteiger charge is 2.38. The Hall–Kier alpha value is -1.25. The molecule has 0 spiro atoms. The van der Waals surface area contributed by atoms with Gasteiger partial charge < -0.3 is 5.11 Å². The Balaban J connectivity index is 1.90. The van der Waals surface area contributed by atoms with Crippen molar-refractivity contribution in [3.63, 3.8) is 0 Å². The molecule has 1 aliphatic rings. The number of hydrogen-bond acceptors (Lipinski definition) is 2. The first kappa shape index (κ1) is 13.7. The summed E-state index contributed by atoms with van der Waals surface area (Å²) < 4.78 is 0. The Labute approximate surface area is 125 Å². The van der Waals surface area contributed by atoms with Crippen LogP contribution in [-0.2, 0) is 5.60 Å². The van der Waals surface area contributed by atoms with Gasteiger partial charge in [0.2, 0.25) is 0 Å². The van der Waals surface area contributed by atoms with E-state index in [0.717, 1.165) is 24.2 Å². The molecule has 0 saturated carbocycles. The summed E-state index contributed by atoms with van der Waals surface area (Å²) in [6, 6.07) is 18.8. The van der Waals surface area contributed by atoms with E-state index in [9.17, 15) is 5.11 Å². The van der Waals surface area contributed by atoms with Gasteiger partial charge in [-0.15, -0.1) is 0 Å². The van der Waals surface area contributed by atoms with Crippen molar-refractivity contribution in [2.45, 2.75) is 30.6 Å². The fraction of sp³-hybridized carbons (Fsp3) is 0.333. The first-order valence-electron chi connectivity index (χ1n) is 7.20. The first-order valence-corrected chi connectivity index (χ1v) is 8.25. The van der Waals surface area contributed by atoms with Gasteiger partial charge in [0.15, 0.2) is 0 Å². The zero-order valence-electron chi connectivity index (χ0n) is 11.8. The normalized spacial score (nSPS) is 26.4. The van der Waals surface area contributed by atoms with E-state index >= 15 is 0 Å². The molecule has 2 aromatic carbocycles. The van der Waals surface area contributed by atoms with Crippen molar-refractivity contribution in [1.29, 1.82) is 0 Å². The molecule has 0 aliphatic carbocycles. The van der Waals surface area contributed by atoms with Crippen molar-refractivity contribution in [1.82, 2.24) is 0 Å². The standard InChI is InChI=1S/C18H20OS/c1-14-18(19,12-5-13-20-14)17-10-8-16(9-11-17)15-6-3-2-4-7-15/h2-4,6-11,14,19H,5,12-13H2,1H3. The Morgan fingerprint density at radius 1 is 1.00 bits per heavy atom. The summed E-state index contributed by atoms with van der Waals surface area (Å²) in [5.41, 5.74) is 2.81. The van der Waals surface area contributed by atoms with E-state index in [1.807, 2.05) is 17.8 Å². The maximum atomic E-state index is 11.0. The summed E-state index contributed by atoms with van der Waals surface area (Å²) in [6.07, 6.45) is 1.96. The van der Waals surface area contributed by atoms with Gasteiger partial charge in [0, 0.05) is 5.25 Å². The van der Waals surface area contributed by atoms with Crippen LogP contribution < -0.4 is 0 Å². The third-order valence-electron chi connectivity index (χ3n) is 4.23. The van der Waals surface area contributed by atoms with Crippen LogP contribution in [0.4, 0.5) is 0 Å². The number of benzene rings is 2. The van der Waals surface area contributed by atoms with E-state index in [0.29, 0.717) is 0 Å². The number of thioether (sulfide) groups is 1. The third-order valence-corrected chi connectivity index (χ3v) is 5.65. The fourth-order valence-corrected chi connectivity index (χ4v) is 4.10. The smallest absolute Gasteiger partial charge is 0.101 e. The Bertz CT molecular complexity index is 564. The van der Waals surface area contributed by atoms with Crippen molar-refractivity contribution in [3.8, 4) is 11.1 Å². The van der Waals surface area contributed by atoms with Crippen LogP contribution in [0.5, 0.6) is 0 Å². The molecule has 2 unspecified atom stereocenters. The second-order valence-corrected chi connectivity index (χ2v) is 6.93. The quantitative estimate of drug-likeness (QED) is 0.879. The summed E-state index contributed by atoms with van der Waals surface area (Å²) >= 11 is 1.87. The molecule has 20 heavy (non-hydrogen) atoms. The number of hydrogen-bond donors (Lipinski definition) is 1. The van der Waals surface area contributed by atoms with E-state index < -0.39 is 5.60 Å². The molecular formula is C18H20OS. The van der Waals surface area contributed by atoms with Crippen molar-refractivity contribution < 1.29 is 5.11 Å². The van der Waals surface area contributed by atoms with E-state index in [1.54, 1.807) is 0 Å². The molecule has 0 amide bonds. The van der Waals surface area contributed by atoms with Crippen LogP contribution in [0.3, 0.4) is 0 Å². The van der Waals surface area contributed by atoms with Crippen molar-refractivity contribution >= 4 is 11.8 Å². The minimum atomic E-state index is -0.669.